The van der Waals surface area contributed by atoms with Crippen molar-refractivity contribution in [2.24, 2.45) is 0 Å². The monoisotopic (exact) mass is 243 g/mol. The number of hydrogen-bond acceptors (Lipinski definition) is 2. The Hall–Kier alpha value is -2.29. The van der Waals surface area contributed by atoms with E-state index in [1.165, 1.54) is 0 Å². The summed E-state index contributed by atoms with van der Waals surface area (Å²) in [4.78, 5) is 9.37. The van der Waals surface area contributed by atoms with E-state index in [0.29, 0.717) is 0 Å². The molecule has 0 unspecified atom stereocenters. The van der Waals surface area contributed by atoms with Gasteiger partial charge in [-0.05, 0) is 24.3 Å². The molecule has 18 heavy (non-hydrogen) atoms. The molecule has 2 rings (SSSR count). The fourth-order valence-electron chi connectivity index (χ4n) is 1.21. The number of nitrogens with one attached hydrogen (secondary N) is 1. The molecule has 2 N–H and O–H groups in total. The summed E-state index contributed by atoms with van der Waals surface area (Å²) in [5, 5.41) is 11.0. The molecule has 0 saturated heterocycles. The van der Waals surface area contributed by atoms with Crippen molar-refractivity contribution < 1.29 is 9.90 Å². The van der Waals surface area contributed by atoms with Gasteiger partial charge < -0.3 is 10.4 Å². The van der Waals surface area contributed by atoms with Crippen LogP contribution in [-0.4, -0.2) is 11.1 Å². The molecular formula is C15H17NO2. The van der Waals surface area contributed by atoms with Gasteiger partial charge in [0, 0.05) is 17.8 Å². The van der Waals surface area contributed by atoms with Gasteiger partial charge in [0.2, 0.25) is 0 Å². The van der Waals surface area contributed by atoms with Crippen molar-refractivity contribution in [2.45, 2.75) is 13.3 Å². The van der Waals surface area contributed by atoms with Crippen molar-refractivity contribution in [1.29, 1.82) is 0 Å². The van der Waals surface area contributed by atoms with Crippen molar-refractivity contribution in [3.8, 4) is 0 Å². The zero-order valence-electron chi connectivity index (χ0n) is 10.3. The van der Waals surface area contributed by atoms with E-state index >= 15 is 0 Å². The SMILES string of the molecule is CCC(=O)O.c1ccc(Nc2ccccc2)cc1. The second kappa shape index (κ2) is 7.90. The maximum atomic E-state index is 9.37. The van der Waals surface area contributed by atoms with Gasteiger partial charge in [-0.1, -0.05) is 43.3 Å². The lowest BCUT2D eigenvalue weighted by Crippen LogP contribution is -1.87. The molecule has 3 nitrogen and oxygen atoms in total. The van der Waals surface area contributed by atoms with Crippen molar-refractivity contribution >= 4 is 17.3 Å². The minimum absolute atomic E-state index is 0.222. The summed E-state index contributed by atoms with van der Waals surface area (Å²) < 4.78 is 0. The number of aliphatic carboxylic acids is 1. The fraction of sp³-hybridized carbons (Fsp3) is 0.133. The van der Waals surface area contributed by atoms with E-state index in [4.69, 9.17) is 5.11 Å². The highest BCUT2D eigenvalue weighted by Gasteiger charge is 1.89. The van der Waals surface area contributed by atoms with Gasteiger partial charge in [0.05, 0.1) is 0 Å². The number of carbonyl (C=O) groups is 1. The lowest BCUT2D eigenvalue weighted by atomic mass is 10.3. The molecule has 0 spiro atoms. The fourth-order valence-corrected chi connectivity index (χ4v) is 1.21. The highest BCUT2D eigenvalue weighted by atomic mass is 16.4. The summed E-state index contributed by atoms with van der Waals surface area (Å²) >= 11 is 0. The Balaban J connectivity index is 0.000000280. The molecule has 2 aromatic rings. The van der Waals surface area contributed by atoms with Crippen molar-refractivity contribution in [1.82, 2.24) is 0 Å². The molecule has 0 aliphatic heterocycles. The number of anilines is 2. The summed E-state index contributed by atoms with van der Waals surface area (Å²) in [7, 11) is 0. The van der Waals surface area contributed by atoms with Gasteiger partial charge in [-0.25, -0.2) is 0 Å². The Morgan fingerprint density at radius 1 is 0.944 bits per heavy atom. The second-order valence-electron chi connectivity index (χ2n) is 3.60. The van der Waals surface area contributed by atoms with Crippen LogP contribution < -0.4 is 5.32 Å². The first-order valence-electron chi connectivity index (χ1n) is 5.81. The first-order valence-corrected chi connectivity index (χ1v) is 5.81. The van der Waals surface area contributed by atoms with Crippen LogP contribution >= 0.6 is 0 Å². The predicted octanol–water partition coefficient (Wildman–Crippen LogP) is 3.91. The van der Waals surface area contributed by atoms with Gasteiger partial charge in [-0.2, -0.15) is 0 Å². The molecule has 2 aromatic carbocycles. The number of para-hydroxylation sites is 2. The lowest BCUT2D eigenvalue weighted by molar-refractivity contribution is -0.136. The minimum Gasteiger partial charge on any atom is -0.481 e. The number of rotatable bonds is 3. The van der Waals surface area contributed by atoms with Gasteiger partial charge in [-0.3, -0.25) is 4.79 Å². The van der Waals surface area contributed by atoms with E-state index in [1.54, 1.807) is 6.92 Å². The second-order valence-corrected chi connectivity index (χ2v) is 3.60. The van der Waals surface area contributed by atoms with Gasteiger partial charge in [-0.15, -0.1) is 0 Å². The summed E-state index contributed by atoms with van der Waals surface area (Å²) in [6, 6.07) is 20.3. The van der Waals surface area contributed by atoms with E-state index in [-0.39, 0.29) is 6.42 Å². The summed E-state index contributed by atoms with van der Waals surface area (Å²) in [6.45, 7) is 1.60. The number of benzene rings is 2. The highest BCUT2D eigenvalue weighted by Crippen LogP contribution is 2.14. The molecule has 0 aliphatic carbocycles. The third kappa shape index (κ3) is 5.70. The van der Waals surface area contributed by atoms with E-state index in [1.807, 2.05) is 60.7 Å². The molecular weight excluding hydrogens is 226 g/mol. The lowest BCUT2D eigenvalue weighted by Gasteiger charge is -2.04. The van der Waals surface area contributed by atoms with Gasteiger partial charge in [0.25, 0.3) is 0 Å². The molecule has 3 heteroatoms. The zero-order valence-corrected chi connectivity index (χ0v) is 10.3. The molecule has 0 bridgehead atoms. The quantitative estimate of drug-likeness (QED) is 0.859. The maximum Gasteiger partial charge on any atom is 0.303 e. The first kappa shape index (κ1) is 13.8. The standard InChI is InChI=1S/C12H11N.C3H6O2/c1-3-7-11(8-4-1)13-12-9-5-2-6-10-12;1-2-3(4)5/h1-10,13H;2H2,1H3,(H,4,5). The van der Waals surface area contributed by atoms with Gasteiger partial charge in [0.15, 0.2) is 0 Å². The number of hydrogen-bond donors (Lipinski definition) is 2. The smallest absolute Gasteiger partial charge is 0.303 e. The predicted molar refractivity (Wildman–Crippen MR) is 74.1 cm³/mol. The number of carboxylic acids is 1. The van der Waals surface area contributed by atoms with Crippen molar-refractivity contribution in [3.63, 3.8) is 0 Å². The van der Waals surface area contributed by atoms with Crippen LogP contribution in [0.15, 0.2) is 60.7 Å². The van der Waals surface area contributed by atoms with Crippen LogP contribution in [0.3, 0.4) is 0 Å². The summed E-state index contributed by atoms with van der Waals surface area (Å²) in [6.07, 6.45) is 0.222. The van der Waals surface area contributed by atoms with Gasteiger partial charge >= 0.3 is 5.97 Å². The van der Waals surface area contributed by atoms with Gasteiger partial charge in [0.1, 0.15) is 0 Å². The number of carboxylic acid groups (broad SMARTS) is 1. The Kier molecular flexibility index (Phi) is 6.04. The minimum atomic E-state index is -0.745. The van der Waals surface area contributed by atoms with Crippen LogP contribution in [0.4, 0.5) is 11.4 Å². The van der Waals surface area contributed by atoms with Crippen LogP contribution in [0.1, 0.15) is 13.3 Å². The largest absolute Gasteiger partial charge is 0.481 e. The molecule has 0 atom stereocenters. The molecule has 0 radical (unpaired) electrons. The summed E-state index contributed by atoms with van der Waals surface area (Å²) in [5.74, 6) is -0.745. The van der Waals surface area contributed by atoms with Crippen molar-refractivity contribution in [2.75, 3.05) is 5.32 Å². The zero-order chi connectivity index (χ0) is 13.2. The van der Waals surface area contributed by atoms with Crippen LogP contribution in [0.25, 0.3) is 0 Å². The third-order valence-electron chi connectivity index (χ3n) is 2.14. The Bertz CT molecular complexity index is 417. The van der Waals surface area contributed by atoms with Crippen LogP contribution in [-0.2, 0) is 4.79 Å². The molecule has 0 heterocycles. The topological polar surface area (TPSA) is 49.3 Å². The Labute approximate surface area is 107 Å². The van der Waals surface area contributed by atoms with Crippen molar-refractivity contribution in [3.05, 3.63) is 60.7 Å². The van der Waals surface area contributed by atoms with Crippen LogP contribution in [0.5, 0.6) is 0 Å². The van der Waals surface area contributed by atoms with Crippen LogP contribution in [0, 0.1) is 0 Å². The normalized spacial score (nSPS) is 8.94. The first-order chi connectivity index (χ1) is 8.72. The van der Waals surface area contributed by atoms with E-state index in [2.05, 4.69) is 5.32 Å². The molecule has 0 aromatic heterocycles. The maximum absolute atomic E-state index is 9.37. The highest BCUT2D eigenvalue weighted by molar-refractivity contribution is 5.66. The molecule has 94 valence electrons. The Morgan fingerprint density at radius 2 is 1.28 bits per heavy atom. The third-order valence-corrected chi connectivity index (χ3v) is 2.14. The summed E-state index contributed by atoms with van der Waals surface area (Å²) in [5.41, 5.74) is 2.24. The molecule has 0 aliphatic rings. The van der Waals surface area contributed by atoms with E-state index in [9.17, 15) is 4.79 Å². The van der Waals surface area contributed by atoms with Crippen LogP contribution in [0.2, 0.25) is 0 Å². The average molecular weight is 243 g/mol. The molecule has 0 saturated carbocycles. The average Bonchev–Trinajstić information content (AvgIpc) is 2.42. The molecule has 0 fully saturated rings. The van der Waals surface area contributed by atoms with E-state index in [0.717, 1.165) is 11.4 Å². The molecule has 0 amide bonds. The van der Waals surface area contributed by atoms with E-state index < -0.39 is 5.97 Å². The Morgan fingerprint density at radius 3 is 1.56 bits per heavy atom.